The van der Waals surface area contributed by atoms with Crippen molar-refractivity contribution in [2.45, 2.75) is 26.6 Å². The molecule has 1 aromatic heterocycles. The van der Waals surface area contributed by atoms with E-state index in [9.17, 15) is 14.7 Å². The highest BCUT2D eigenvalue weighted by molar-refractivity contribution is 5.93. The molecule has 2 unspecified atom stereocenters. The Balaban J connectivity index is 1.40. The molecule has 2 saturated heterocycles. The number of aromatic nitrogens is 2. The van der Waals surface area contributed by atoms with Crippen LogP contribution >= 0.6 is 0 Å². The molecule has 8 heteroatoms. The highest BCUT2D eigenvalue weighted by Gasteiger charge is 2.41. The molecule has 8 nitrogen and oxygen atoms in total. The number of carbonyl (C=O) groups is 2. The lowest BCUT2D eigenvalue weighted by Crippen LogP contribution is -2.32. The molecule has 4 rings (SSSR count). The molecule has 0 aliphatic carbocycles. The molecule has 0 saturated carbocycles. The summed E-state index contributed by atoms with van der Waals surface area (Å²) in [5.41, 5.74) is 2.45. The van der Waals surface area contributed by atoms with E-state index in [1.807, 2.05) is 43.5 Å². The topological polar surface area (TPSA) is 90.7 Å². The van der Waals surface area contributed by atoms with Gasteiger partial charge in [0, 0.05) is 57.6 Å². The summed E-state index contributed by atoms with van der Waals surface area (Å²) in [6, 6.07) is 9.82. The molecule has 29 heavy (non-hydrogen) atoms. The molecule has 2 aliphatic heterocycles. The van der Waals surface area contributed by atoms with Gasteiger partial charge in [0.05, 0.1) is 0 Å². The Morgan fingerprint density at radius 2 is 1.83 bits per heavy atom. The number of hydrogen-bond donors (Lipinski definition) is 2. The van der Waals surface area contributed by atoms with E-state index in [-0.39, 0.29) is 5.91 Å². The monoisotopic (exact) mass is 397 g/mol. The van der Waals surface area contributed by atoms with Gasteiger partial charge in [0.1, 0.15) is 0 Å². The Morgan fingerprint density at radius 1 is 1.14 bits per heavy atom. The minimum Gasteiger partial charge on any atom is -0.465 e. The number of benzene rings is 1. The molecule has 0 bridgehead atoms. The fourth-order valence-corrected chi connectivity index (χ4v) is 4.41. The lowest BCUT2D eigenvalue weighted by molar-refractivity contribution is 0.0942. The van der Waals surface area contributed by atoms with Crippen molar-refractivity contribution in [3.05, 3.63) is 53.3 Å². The van der Waals surface area contributed by atoms with E-state index < -0.39 is 6.09 Å². The van der Waals surface area contributed by atoms with Crippen LogP contribution in [0.2, 0.25) is 0 Å². The average molecular weight is 397 g/mol. The molecular formula is C21H27N5O3. The summed E-state index contributed by atoms with van der Waals surface area (Å²) in [6.45, 7) is 6.77. The number of hydrogen-bond acceptors (Lipinski definition) is 4. The largest absolute Gasteiger partial charge is 0.465 e. The minimum absolute atomic E-state index is 0.160. The molecule has 2 N–H and O–H groups in total. The quantitative estimate of drug-likeness (QED) is 0.777. The summed E-state index contributed by atoms with van der Waals surface area (Å²) >= 11 is 0. The third-order valence-corrected chi connectivity index (χ3v) is 5.90. The van der Waals surface area contributed by atoms with Crippen molar-refractivity contribution in [3.8, 4) is 0 Å². The molecule has 0 spiro atoms. The molecule has 2 aromatic rings. The molecule has 0 radical (unpaired) electrons. The smallest absolute Gasteiger partial charge is 0.407 e. The van der Waals surface area contributed by atoms with E-state index >= 15 is 0 Å². The van der Waals surface area contributed by atoms with Gasteiger partial charge in [-0.05, 0) is 24.3 Å². The van der Waals surface area contributed by atoms with E-state index in [0.29, 0.717) is 50.3 Å². The Kier molecular flexibility index (Phi) is 5.53. The molecule has 154 valence electrons. The van der Waals surface area contributed by atoms with Crippen LogP contribution in [0.25, 0.3) is 0 Å². The second kappa shape index (κ2) is 8.24. The first kappa shape index (κ1) is 19.4. The number of fused-ring (bicyclic) bond motifs is 1. The van der Waals surface area contributed by atoms with Crippen molar-refractivity contribution in [1.82, 2.24) is 24.9 Å². The van der Waals surface area contributed by atoms with Gasteiger partial charge in [0.15, 0.2) is 5.69 Å². The molecule has 2 atom stereocenters. The van der Waals surface area contributed by atoms with Crippen LogP contribution in [0.15, 0.2) is 36.5 Å². The number of carboxylic acid groups (broad SMARTS) is 1. The van der Waals surface area contributed by atoms with E-state index in [0.717, 1.165) is 24.2 Å². The van der Waals surface area contributed by atoms with E-state index in [1.165, 1.54) is 4.90 Å². The van der Waals surface area contributed by atoms with E-state index in [4.69, 9.17) is 0 Å². The number of aryl methyl sites for hydroxylation is 1. The van der Waals surface area contributed by atoms with Gasteiger partial charge < -0.3 is 15.3 Å². The third kappa shape index (κ3) is 4.27. The second-order valence-electron chi connectivity index (χ2n) is 7.93. The lowest BCUT2D eigenvalue weighted by atomic mass is 10.0. The first-order valence-electron chi connectivity index (χ1n) is 10.1. The number of carbonyl (C=O) groups excluding carboxylic acids is 1. The first-order valence-corrected chi connectivity index (χ1v) is 10.1. The normalized spacial score (nSPS) is 21.3. The van der Waals surface area contributed by atoms with Crippen molar-refractivity contribution in [2.75, 3.05) is 26.2 Å². The van der Waals surface area contributed by atoms with Crippen LogP contribution in [0, 0.1) is 11.8 Å². The highest BCUT2D eigenvalue weighted by atomic mass is 16.4. The Labute approximate surface area is 170 Å². The zero-order valence-corrected chi connectivity index (χ0v) is 16.6. The van der Waals surface area contributed by atoms with Crippen LogP contribution < -0.4 is 5.32 Å². The molecule has 2 aliphatic rings. The van der Waals surface area contributed by atoms with Crippen molar-refractivity contribution in [2.24, 2.45) is 11.8 Å². The Morgan fingerprint density at radius 3 is 2.45 bits per heavy atom. The summed E-state index contributed by atoms with van der Waals surface area (Å²) in [5, 5.41) is 16.6. The number of rotatable bonds is 6. The SMILES string of the molecule is CCn1cc(CN2CC3CN(C(=O)O)CC3C2)c(C(=O)NCc2ccccc2)n1. The second-order valence-corrected chi connectivity index (χ2v) is 7.93. The van der Waals surface area contributed by atoms with Crippen molar-refractivity contribution >= 4 is 12.0 Å². The highest BCUT2D eigenvalue weighted by Crippen LogP contribution is 2.32. The maximum atomic E-state index is 12.8. The van der Waals surface area contributed by atoms with Crippen molar-refractivity contribution in [3.63, 3.8) is 0 Å². The Hall–Kier alpha value is -2.87. The van der Waals surface area contributed by atoms with E-state index in [1.54, 1.807) is 4.68 Å². The zero-order valence-electron chi connectivity index (χ0n) is 16.6. The van der Waals surface area contributed by atoms with E-state index in [2.05, 4.69) is 15.3 Å². The summed E-state index contributed by atoms with van der Waals surface area (Å²) in [7, 11) is 0. The van der Waals surface area contributed by atoms with Crippen LogP contribution in [-0.2, 0) is 19.6 Å². The van der Waals surface area contributed by atoms with Crippen LogP contribution in [0.5, 0.6) is 0 Å². The van der Waals surface area contributed by atoms with Gasteiger partial charge in [-0.1, -0.05) is 30.3 Å². The van der Waals surface area contributed by atoms with Gasteiger partial charge in [-0.25, -0.2) is 4.79 Å². The fourth-order valence-electron chi connectivity index (χ4n) is 4.41. The number of amides is 2. The minimum atomic E-state index is -0.826. The van der Waals surface area contributed by atoms with Gasteiger partial charge in [0.2, 0.25) is 0 Å². The van der Waals surface area contributed by atoms with Gasteiger partial charge in [0.25, 0.3) is 5.91 Å². The number of likely N-dealkylation sites (tertiary alicyclic amines) is 2. The third-order valence-electron chi connectivity index (χ3n) is 5.90. The van der Waals surface area contributed by atoms with Crippen molar-refractivity contribution < 1.29 is 14.7 Å². The lowest BCUT2D eigenvalue weighted by Gasteiger charge is -2.19. The number of nitrogens with zero attached hydrogens (tertiary/aromatic N) is 4. The maximum absolute atomic E-state index is 12.8. The van der Waals surface area contributed by atoms with Crippen molar-refractivity contribution in [1.29, 1.82) is 0 Å². The van der Waals surface area contributed by atoms with Crippen LogP contribution in [0.1, 0.15) is 28.5 Å². The van der Waals surface area contributed by atoms with Gasteiger partial charge in [-0.15, -0.1) is 0 Å². The van der Waals surface area contributed by atoms with Crippen LogP contribution in [-0.4, -0.2) is 62.9 Å². The molecule has 1 aromatic carbocycles. The molecule has 2 fully saturated rings. The first-order chi connectivity index (χ1) is 14.0. The Bertz CT molecular complexity index is 868. The molecule has 2 amide bonds. The summed E-state index contributed by atoms with van der Waals surface area (Å²) < 4.78 is 1.80. The maximum Gasteiger partial charge on any atom is 0.407 e. The standard InChI is InChI=1S/C21H27N5O3/c1-2-26-14-18(11-24-9-16-12-25(21(28)29)13-17(16)10-24)19(23-26)20(27)22-8-15-6-4-3-5-7-15/h3-7,14,16-17H,2,8-13H2,1H3,(H,22,27)(H,28,29). The zero-order chi connectivity index (χ0) is 20.4. The fraction of sp³-hybridized carbons (Fsp3) is 0.476. The molecular weight excluding hydrogens is 370 g/mol. The van der Waals surface area contributed by atoms with Crippen LogP contribution in [0.3, 0.4) is 0 Å². The predicted molar refractivity (Wildman–Crippen MR) is 107 cm³/mol. The van der Waals surface area contributed by atoms with Crippen LogP contribution in [0.4, 0.5) is 4.79 Å². The average Bonchev–Trinajstić information content (AvgIpc) is 3.40. The van der Waals surface area contributed by atoms with Gasteiger partial charge in [-0.3, -0.25) is 14.4 Å². The summed E-state index contributed by atoms with van der Waals surface area (Å²) in [4.78, 5) is 27.8. The van der Waals surface area contributed by atoms with Gasteiger partial charge in [-0.2, -0.15) is 5.10 Å². The summed E-state index contributed by atoms with van der Waals surface area (Å²) in [5.74, 6) is 0.595. The predicted octanol–water partition coefficient (Wildman–Crippen LogP) is 1.87. The molecule has 3 heterocycles. The number of nitrogens with one attached hydrogen (secondary N) is 1. The van der Waals surface area contributed by atoms with Gasteiger partial charge >= 0.3 is 6.09 Å². The summed E-state index contributed by atoms with van der Waals surface area (Å²) in [6.07, 6.45) is 1.13.